The molecule has 10 nitrogen and oxygen atoms in total. The van der Waals surface area contributed by atoms with Crippen LogP contribution in [0, 0.1) is 0 Å². The number of Topliss-reactive ketones (excluding diaryl/α,β-unsaturated/α-hetero) is 4. The van der Waals surface area contributed by atoms with Gasteiger partial charge in [-0.15, -0.1) is 0 Å². The summed E-state index contributed by atoms with van der Waals surface area (Å²) in [5.74, 6) is -9.25. The fourth-order valence-electron chi connectivity index (χ4n) is 3.14. The van der Waals surface area contributed by atoms with Crippen molar-refractivity contribution in [2.24, 2.45) is 0 Å². The Labute approximate surface area is 136 Å². The first-order chi connectivity index (χ1) is 10.7. The van der Waals surface area contributed by atoms with Gasteiger partial charge in [0.25, 0.3) is 5.79 Å². The summed E-state index contributed by atoms with van der Waals surface area (Å²) in [6, 6.07) is 0. The third-order valence-corrected chi connectivity index (χ3v) is 4.54. The maximum atomic E-state index is 12.1. The molecule has 0 amide bonds. The summed E-state index contributed by atoms with van der Waals surface area (Å²) in [6.45, 7) is 1.40. The molecule has 1 aliphatic heterocycles. The minimum atomic E-state index is -3.70. The van der Waals surface area contributed by atoms with E-state index in [0.29, 0.717) is 27.7 Å². The van der Waals surface area contributed by atoms with Gasteiger partial charge in [-0.25, -0.2) is 0 Å². The van der Waals surface area contributed by atoms with E-state index in [9.17, 15) is 44.7 Å². The van der Waals surface area contributed by atoms with Gasteiger partial charge in [0.2, 0.25) is 11.2 Å². The van der Waals surface area contributed by atoms with Gasteiger partial charge in [0.15, 0.2) is 28.7 Å². The van der Waals surface area contributed by atoms with Gasteiger partial charge in [-0.2, -0.15) is 0 Å². The number of rotatable bonds is 5. The van der Waals surface area contributed by atoms with Crippen LogP contribution in [0.5, 0.6) is 0 Å². The van der Waals surface area contributed by atoms with E-state index in [2.05, 4.69) is 0 Å². The molecule has 1 fully saturated rings. The molecule has 1 rings (SSSR count). The summed E-state index contributed by atoms with van der Waals surface area (Å²) in [7, 11) is 0. The monoisotopic (exact) mass is 348 g/mol. The molecule has 136 valence electrons. The molecule has 0 bridgehead atoms. The van der Waals surface area contributed by atoms with Crippen molar-refractivity contribution in [2.45, 2.75) is 56.4 Å². The molecule has 0 unspecified atom stereocenters. The molecule has 10 heteroatoms. The average molecular weight is 348 g/mol. The third kappa shape index (κ3) is 1.98. The smallest absolute Gasteiger partial charge is 0.267 e. The molecule has 0 aromatic heterocycles. The van der Waals surface area contributed by atoms with Crippen LogP contribution in [-0.4, -0.2) is 84.0 Å². The third-order valence-electron chi connectivity index (χ3n) is 4.54. The maximum Gasteiger partial charge on any atom is 0.267 e. The Morgan fingerprint density at radius 1 is 0.792 bits per heavy atom. The lowest BCUT2D eigenvalue weighted by Gasteiger charge is -2.59. The Hall–Kier alpha value is -1.56. The van der Waals surface area contributed by atoms with Crippen molar-refractivity contribution in [1.29, 1.82) is 0 Å². The van der Waals surface area contributed by atoms with Gasteiger partial charge in [-0.05, 0) is 20.8 Å². The molecule has 5 N–H and O–H groups in total. The lowest BCUT2D eigenvalue weighted by atomic mass is 9.57. The van der Waals surface area contributed by atoms with Crippen LogP contribution >= 0.6 is 0 Å². The molecule has 0 saturated carbocycles. The number of ether oxygens (including phenoxy) is 1. The highest BCUT2D eigenvalue weighted by atomic mass is 16.7. The second-order valence-electron chi connectivity index (χ2n) is 5.85. The van der Waals surface area contributed by atoms with E-state index < -0.39 is 58.4 Å². The highest BCUT2D eigenvalue weighted by molar-refractivity contribution is 6.08. The topological polar surface area (TPSA) is 179 Å². The second-order valence-corrected chi connectivity index (χ2v) is 5.85. The molecule has 5 atom stereocenters. The normalized spacial score (nSPS) is 42.5. The van der Waals surface area contributed by atoms with Crippen LogP contribution in [0.2, 0.25) is 0 Å². The van der Waals surface area contributed by atoms with Crippen molar-refractivity contribution >= 4 is 23.1 Å². The van der Waals surface area contributed by atoms with E-state index in [0.717, 1.165) is 0 Å². The number of aliphatic hydroxyl groups is 5. The SMILES string of the molecule is CC(=O)[C@@]1(O)[C@](O)(C(C)=O)[C@@](O)(C(C)=O)O[C@H](CO)[C@]1(O)C(C)=O. The van der Waals surface area contributed by atoms with Crippen LogP contribution < -0.4 is 0 Å². The molecule has 0 aromatic carbocycles. The summed E-state index contributed by atoms with van der Waals surface area (Å²) in [6.07, 6.45) is -2.18. The molecule has 0 aliphatic carbocycles. The molecule has 24 heavy (non-hydrogen) atoms. The van der Waals surface area contributed by atoms with Gasteiger partial charge in [0.05, 0.1) is 6.61 Å². The Kier molecular flexibility index (Phi) is 4.92. The Balaban J connectivity index is 4.05. The van der Waals surface area contributed by atoms with E-state index in [4.69, 9.17) is 4.74 Å². The average Bonchev–Trinajstić information content (AvgIpc) is 2.47. The first-order valence-electron chi connectivity index (χ1n) is 6.91. The Morgan fingerprint density at radius 2 is 1.21 bits per heavy atom. The van der Waals surface area contributed by atoms with Crippen molar-refractivity contribution in [3.63, 3.8) is 0 Å². The lowest BCUT2D eigenvalue weighted by Crippen LogP contribution is -2.90. The highest BCUT2D eigenvalue weighted by Gasteiger charge is 2.83. The highest BCUT2D eigenvalue weighted by Crippen LogP contribution is 2.50. The van der Waals surface area contributed by atoms with Crippen molar-refractivity contribution in [1.82, 2.24) is 0 Å². The quantitative estimate of drug-likeness (QED) is 0.336. The Bertz CT molecular complexity index is 615. The van der Waals surface area contributed by atoms with Gasteiger partial charge in [-0.3, -0.25) is 19.2 Å². The summed E-state index contributed by atoms with van der Waals surface area (Å²) in [4.78, 5) is 47.9. The maximum absolute atomic E-state index is 12.1. The first-order valence-corrected chi connectivity index (χ1v) is 6.91. The molecule has 0 spiro atoms. The zero-order valence-electron chi connectivity index (χ0n) is 13.6. The lowest BCUT2D eigenvalue weighted by molar-refractivity contribution is -0.390. The molecular weight excluding hydrogens is 328 g/mol. The largest absolute Gasteiger partial charge is 0.394 e. The second kappa shape index (κ2) is 5.76. The van der Waals surface area contributed by atoms with Crippen LogP contribution in [0.15, 0.2) is 0 Å². The summed E-state index contributed by atoms with van der Waals surface area (Å²) in [5, 5.41) is 52.0. The van der Waals surface area contributed by atoms with Crippen LogP contribution in [0.25, 0.3) is 0 Å². The predicted octanol–water partition coefficient (Wildman–Crippen LogP) is -3.38. The zero-order valence-corrected chi connectivity index (χ0v) is 13.6. The number of hydrogen-bond acceptors (Lipinski definition) is 10. The molecule has 0 aromatic rings. The summed E-state index contributed by atoms with van der Waals surface area (Å²) in [5.41, 5.74) is -10.7. The van der Waals surface area contributed by atoms with Gasteiger partial charge >= 0.3 is 0 Å². The Morgan fingerprint density at radius 3 is 1.46 bits per heavy atom. The van der Waals surface area contributed by atoms with Gasteiger partial charge in [0, 0.05) is 6.92 Å². The van der Waals surface area contributed by atoms with Gasteiger partial charge in [0.1, 0.15) is 6.10 Å². The van der Waals surface area contributed by atoms with Crippen LogP contribution in [0.4, 0.5) is 0 Å². The number of hydrogen-bond donors (Lipinski definition) is 5. The van der Waals surface area contributed by atoms with Crippen LogP contribution in [-0.2, 0) is 23.9 Å². The minimum absolute atomic E-state index is 0.616. The van der Waals surface area contributed by atoms with E-state index in [1.54, 1.807) is 0 Å². The number of ketones is 4. The van der Waals surface area contributed by atoms with Crippen LogP contribution in [0.1, 0.15) is 27.7 Å². The summed E-state index contributed by atoms with van der Waals surface area (Å²) < 4.78 is 4.79. The molecular formula is C14H20O10. The van der Waals surface area contributed by atoms with E-state index in [1.165, 1.54) is 0 Å². The van der Waals surface area contributed by atoms with Crippen molar-refractivity contribution < 1.29 is 49.4 Å². The van der Waals surface area contributed by atoms with Crippen LogP contribution in [0.3, 0.4) is 0 Å². The molecule has 1 saturated heterocycles. The van der Waals surface area contributed by atoms with Crippen molar-refractivity contribution in [3.8, 4) is 0 Å². The number of aliphatic hydroxyl groups excluding tert-OH is 1. The molecule has 1 heterocycles. The van der Waals surface area contributed by atoms with Gasteiger partial charge < -0.3 is 30.3 Å². The molecule has 0 radical (unpaired) electrons. The standard InChI is InChI=1S/C14H20O10/c1-6(16)11(20)10(5-15)24-14(23,9(4)19)13(22,8(3)18)12(11,21)7(2)17/h10,15,20-23H,5H2,1-4H3/t10-,11-,12+,13-,14-/m1/s1. The number of carbonyl (C=O) groups excluding carboxylic acids is 4. The minimum Gasteiger partial charge on any atom is -0.394 e. The van der Waals surface area contributed by atoms with Crippen molar-refractivity contribution in [2.75, 3.05) is 6.61 Å². The zero-order chi connectivity index (χ0) is 19.3. The first kappa shape index (κ1) is 20.5. The fraction of sp³-hybridized carbons (Fsp3) is 0.714. The van der Waals surface area contributed by atoms with E-state index >= 15 is 0 Å². The van der Waals surface area contributed by atoms with E-state index in [1.807, 2.05) is 0 Å². The number of carbonyl (C=O) groups is 4. The summed E-state index contributed by atoms with van der Waals surface area (Å²) >= 11 is 0. The van der Waals surface area contributed by atoms with E-state index in [-0.39, 0.29) is 0 Å². The molecule has 1 aliphatic rings. The fourth-order valence-corrected chi connectivity index (χ4v) is 3.14. The van der Waals surface area contributed by atoms with Crippen molar-refractivity contribution in [3.05, 3.63) is 0 Å². The van der Waals surface area contributed by atoms with Gasteiger partial charge in [-0.1, -0.05) is 0 Å². The predicted molar refractivity (Wildman–Crippen MR) is 74.5 cm³/mol.